The van der Waals surface area contributed by atoms with E-state index in [1.165, 1.54) is 0 Å². The standard InChI is InChI=1S/C15H16O6/c1-5(2)7-8-11(16)19-9(7)10-13(3)14(8,18)4-6-15(13,21-6)12(17)20-10/h6-10,18H,1,4H2,2-3H3/t6-,7-,8+,9+,10-,13-,14+,15-/m1/s1. The third-order valence-corrected chi connectivity index (χ3v) is 6.60. The van der Waals surface area contributed by atoms with Crippen molar-refractivity contribution >= 4 is 11.9 Å². The number of rotatable bonds is 1. The largest absolute Gasteiger partial charge is 0.457 e. The lowest BCUT2D eigenvalue weighted by Crippen LogP contribution is -2.66. The molecular formula is C15H16O6. The SMILES string of the molecule is C=C(C)[C@H]1[C@@H]2OC(=O)[C@H]1[C@@]1(O)C[C@H]3O[C@@]34C(=O)O[C@H]2[C@]14C. The number of aliphatic hydroxyl groups is 1. The smallest absolute Gasteiger partial charge is 0.342 e. The molecule has 0 aromatic rings. The Morgan fingerprint density at radius 2 is 2.10 bits per heavy atom. The predicted molar refractivity (Wildman–Crippen MR) is 66.8 cm³/mol. The fraction of sp³-hybridized carbons (Fsp3) is 0.733. The summed E-state index contributed by atoms with van der Waals surface area (Å²) in [5.74, 6) is -1.86. The van der Waals surface area contributed by atoms with Crippen LogP contribution in [0, 0.1) is 17.3 Å². The Labute approximate surface area is 121 Å². The van der Waals surface area contributed by atoms with E-state index in [2.05, 4.69) is 6.58 Å². The summed E-state index contributed by atoms with van der Waals surface area (Å²) in [6.45, 7) is 7.55. The molecular weight excluding hydrogens is 276 g/mol. The highest BCUT2D eigenvalue weighted by atomic mass is 16.7. The van der Waals surface area contributed by atoms with E-state index in [0.29, 0.717) is 0 Å². The molecule has 0 unspecified atom stereocenters. The Balaban J connectivity index is 1.78. The predicted octanol–water partition coefficient (Wildman–Crippen LogP) is -0.0620. The van der Waals surface area contributed by atoms with E-state index in [-0.39, 0.29) is 18.4 Å². The van der Waals surface area contributed by atoms with Gasteiger partial charge in [0.2, 0.25) is 5.60 Å². The maximum absolute atomic E-state index is 12.3. The molecule has 1 N–H and O–H groups in total. The van der Waals surface area contributed by atoms with Crippen molar-refractivity contribution in [3.8, 4) is 0 Å². The van der Waals surface area contributed by atoms with Gasteiger partial charge in [0.05, 0.1) is 16.9 Å². The lowest BCUT2D eigenvalue weighted by Gasteiger charge is -2.51. The average molecular weight is 292 g/mol. The van der Waals surface area contributed by atoms with Gasteiger partial charge in [0, 0.05) is 12.3 Å². The first-order valence-corrected chi connectivity index (χ1v) is 7.26. The second kappa shape index (κ2) is 2.90. The third-order valence-electron chi connectivity index (χ3n) is 6.60. The van der Waals surface area contributed by atoms with Gasteiger partial charge in [-0.3, -0.25) is 4.79 Å². The van der Waals surface area contributed by atoms with E-state index in [1.807, 2.05) is 6.92 Å². The van der Waals surface area contributed by atoms with Crippen LogP contribution in [0.2, 0.25) is 0 Å². The summed E-state index contributed by atoms with van der Waals surface area (Å²) < 4.78 is 16.6. The molecule has 6 nitrogen and oxygen atoms in total. The van der Waals surface area contributed by atoms with Gasteiger partial charge in [-0.25, -0.2) is 4.79 Å². The third kappa shape index (κ3) is 0.874. The van der Waals surface area contributed by atoms with Gasteiger partial charge in [-0.05, 0) is 13.8 Å². The molecule has 2 aliphatic carbocycles. The Morgan fingerprint density at radius 3 is 2.76 bits per heavy atom. The van der Waals surface area contributed by atoms with Crippen LogP contribution in [0.3, 0.4) is 0 Å². The highest BCUT2D eigenvalue weighted by Crippen LogP contribution is 2.76. The molecule has 5 rings (SSSR count). The summed E-state index contributed by atoms with van der Waals surface area (Å²) in [5.41, 5.74) is -2.60. The van der Waals surface area contributed by atoms with Crippen LogP contribution in [0.5, 0.6) is 0 Å². The summed E-state index contributed by atoms with van der Waals surface area (Å²) in [7, 11) is 0. The van der Waals surface area contributed by atoms with Gasteiger partial charge in [-0.15, -0.1) is 0 Å². The minimum absolute atomic E-state index is 0.269. The van der Waals surface area contributed by atoms with E-state index < -0.39 is 46.7 Å². The van der Waals surface area contributed by atoms with E-state index in [9.17, 15) is 14.7 Å². The maximum atomic E-state index is 12.3. The van der Waals surface area contributed by atoms with Crippen LogP contribution >= 0.6 is 0 Å². The van der Waals surface area contributed by atoms with Gasteiger partial charge in [-0.2, -0.15) is 0 Å². The van der Waals surface area contributed by atoms with Crippen molar-refractivity contribution in [1.82, 2.24) is 0 Å². The fourth-order valence-electron chi connectivity index (χ4n) is 5.59. The highest BCUT2D eigenvalue weighted by Gasteiger charge is 2.95. The molecule has 3 aliphatic heterocycles. The van der Waals surface area contributed by atoms with Gasteiger partial charge < -0.3 is 19.3 Å². The van der Waals surface area contributed by atoms with E-state index in [0.717, 1.165) is 5.57 Å². The molecule has 0 radical (unpaired) electrons. The summed E-state index contributed by atoms with van der Waals surface area (Å²) >= 11 is 0. The molecule has 8 atom stereocenters. The molecule has 2 saturated carbocycles. The second-order valence-electron chi connectivity index (χ2n) is 7.25. The number of esters is 2. The van der Waals surface area contributed by atoms with Crippen molar-refractivity contribution in [2.75, 3.05) is 0 Å². The zero-order chi connectivity index (χ0) is 14.9. The molecule has 0 amide bonds. The first kappa shape index (κ1) is 12.2. The van der Waals surface area contributed by atoms with E-state index in [1.54, 1.807) is 6.92 Å². The fourth-order valence-corrected chi connectivity index (χ4v) is 5.59. The number of hydrogen-bond acceptors (Lipinski definition) is 6. The number of ether oxygens (including phenoxy) is 3. The molecule has 0 aromatic heterocycles. The van der Waals surface area contributed by atoms with Crippen LogP contribution in [0.4, 0.5) is 0 Å². The molecule has 5 fully saturated rings. The number of epoxide rings is 1. The molecule has 1 spiro atoms. The first-order chi connectivity index (χ1) is 9.79. The molecule has 21 heavy (non-hydrogen) atoms. The van der Waals surface area contributed by atoms with Gasteiger partial charge >= 0.3 is 11.9 Å². The molecule has 112 valence electrons. The van der Waals surface area contributed by atoms with Gasteiger partial charge in [0.25, 0.3) is 0 Å². The van der Waals surface area contributed by atoms with Crippen molar-refractivity contribution in [2.24, 2.45) is 17.3 Å². The van der Waals surface area contributed by atoms with Crippen molar-refractivity contribution in [2.45, 2.75) is 49.8 Å². The lowest BCUT2D eigenvalue weighted by molar-refractivity contribution is -0.195. The van der Waals surface area contributed by atoms with Gasteiger partial charge in [0.1, 0.15) is 12.2 Å². The molecule has 3 saturated heterocycles. The Kier molecular flexibility index (Phi) is 1.68. The minimum Gasteiger partial charge on any atom is -0.457 e. The normalized spacial score (nSPS) is 62.0. The van der Waals surface area contributed by atoms with Crippen molar-refractivity contribution in [1.29, 1.82) is 0 Å². The Bertz CT molecular complexity index is 642. The van der Waals surface area contributed by atoms with Crippen LogP contribution in [0.15, 0.2) is 12.2 Å². The number of carbonyl (C=O) groups excluding carboxylic acids is 2. The monoisotopic (exact) mass is 292 g/mol. The zero-order valence-corrected chi connectivity index (χ0v) is 11.8. The first-order valence-electron chi connectivity index (χ1n) is 7.26. The van der Waals surface area contributed by atoms with Crippen molar-refractivity contribution in [3.05, 3.63) is 12.2 Å². The van der Waals surface area contributed by atoms with Crippen LogP contribution in [-0.2, 0) is 23.8 Å². The topological polar surface area (TPSA) is 85.4 Å². The summed E-state index contributed by atoms with van der Waals surface area (Å²) in [5, 5.41) is 11.4. The van der Waals surface area contributed by atoms with E-state index in [4.69, 9.17) is 14.2 Å². The highest BCUT2D eigenvalue weighted by molar-refractivity contribution is 5.91. The zero-order valence-electron chi connectivity index (χ0n) is 11.8. The maximum Gasteiger partial charge on any atom is 0.342 e. The van der Waals surface area contributed by atoms with Gasteiger partial charge in [0.15, 0.2) is 6.10 Å². The minimum atomic E-state index is -1.35. The molecule has 0 aromatic carbocycles. The van der Waals surface area contributed by atoms with Crippen molar-refractivity contribution < 1.29 is 28.9 Å². The summed E-state index contributed by atoms with van der Waals surface area (Å²) in [6.07, 6.45) is -1.34. The van der Waals surface area contributed by atoms with Crippen LogP contribution in [0.1, 0.15) is 20.3 Å². The number of hydrogen-bond donors (Lipinski definition) is 1. The summed E-state index contributed by atoms with van der Waals surface area (Å²) in [4.78, 5) is 24.7. The van der Waals surface area contributed by atoms with E-state index >= 15 is 0 Å². The average Bonchev–Trinajstić information content (AvgIpc) is 2.86. The second-order valence-corrected chi connectivity index (χ2v) is 7.25. The molecule has 2 bridgehead atoms. The quantitative estimate of drug-likeness (QED) is 0.414. The van der Waals surface area contributed by atoms with Crippen LogP contribution < -0.4 is 0 Å². The van der Waals surface area contributed by atoms with Crippen molar-refractivity contribution in [3.63, 3.8) is 0 Å². The Hall–Kier alpha value is -1.40. The van der Waals surface area contributed by atoms with Crippen LogP contribution in [0.25, 0.3) is 0 Å². The van der Waals surface area contributed by atoms with Gasteiger partial charge in [-0.1, -0.05) is 12.2 Å². The molecule has 5 aliphatic rings. The number of carbonyl (C=O) groups is 2. The Morgan fingerprint density at radius 1 is 1.38 bits per heavy atom. The molecule has 3 heterocycles. The lowest BCUT2D eigenvalue weighted by atomic mass is 9.53. The number of fused-ring (bicyclic) bond motifs is 4. The molecule has 6 heteroatoms. The summed E-state index contributed by atoms with van der Waals surface area (Å²) in [6, 6.07) is 0. The van der Waals surface area contributed by atoms with Crippen LogP contribution in [-0.4, -0.2) is 46.6 Å².